The summed E-state index contributed by atoms with van der Waals surface area (Å²) in [6.07, 6.45) is 8.11. The van der Waals surface area contributed by atoms with Gasteiger partial charge in [-0.05, 0) is 126 Å². The molecule has 19 heteroatoms. The first-order valence-corrected chi connectivity index (χ1v) is 23.9. The van der Waals surface area contributed by atoms with Crippen molar-refractivity contribution in [1.82, 2.24) is 20.0 Å². The molecule has 6 rings (SSSR count). The van der Waals surface area contributed by atoms with Gasteiger partial charge < -0.3 is 36.7 Å². The minimum absolute atomic E-state index is 0. The van der Waals surface area contributed by atoms with Crippen molar-refractivity contribution in [3.8, 4) is 0 Å². The number of piperidine rings is 2. The quantitative estimate of drug-likeness (QED) is 0.0690. The van der Waals surface area contributed by atoms with Gasteiger partial charge in [-0.15, -0.1) is 0 Å². The van der Waals surface area contributed by atoms with Crippen LogP contribution in [0.5, 0.6) is 0 Å². The van der Waals surface area contributed by atoms with Crippen LogP contribution in [0.1, 0.15) is 130 Å². The van der Waals surface area contributed by atoms with Gasteiger partial charge in [-0.3, -0.25) is 24.1 Å². The maximum Gasteiger partial charge on any atom is 1.00 e. The Balaban J connectivity index is 0.000000972. The summed E-state index contributed by atoms with van der Waals surface area (Å²) in [4.78, 5) is 77.4. The number of hydrogen-bond donors (Lipinski definition) is 1. The summed E-state index contributed by atoms with van der Waals surface area (Å²) in [6, 6.07) is 23.1. The minimum atomic E-state index is -0.639. The van der Waals surface area contributed by atoms with Gasteiger partial charge >= 0.3 is 41.5 Å². The monoisotopic (exact) mass is 1100 g/mol. The maximum absolute atomic E-state index is 12.4. The topological polar surface area (TPSA) is 178 Å². The van der Waals surface area contributed by atoms with Gasteiger partial charge in [0.1, 0.15) is 5.76 Å². The molecule has 0 aliphatic carbocycles. The van der Waals surface area contributed by atoms with Crippen LogP contribution in [0.2, 0.25) is 0 Å². The van der Waals surface area contributed by atoms with Crippen LogP contribution in [0.3, 0.4) is 0 Å². The van der Waals surface area contributed by atoms with Gasteiger partial charge in [0.15, 0.2) is 12.0 Å². The van der Waals surface area contributed by atoms with Crippen LogP contribution < -0.4 is 34.9 Å². The van der Waals surface area contributed by atoms with Crippen LogP contribution in [-0.4, -0.2) is 111 Å². The number of hydrogen-bond acceptors (Lipinski definition) is 13. The van der Waals surface area contributed by atoms with Crippen LogP contribution in [0, 0.1) is 0 Å². The van der Waals surface area contributed by atoms with E-state index in [0.29, 0.717) is 12.0 Å². The molecular formula is C51H67BBr2N4NaO11. The fourth-order valence-electron chi connectivity index (χ4n) is 6.56. The Morgan fingerprint density at radius 1 is 0.643 bits per heavy atom. The maximum atomic E-state index is 12.4. The molecule has 2 aromatic heterocycles. The van der Waals surface area contributed by atoms with Gasteiger partial charge in [0.05, 0.1) is 19.1 Å². The van der Waals surface area contributed by atoms with E-state index in [4.69, 9.17) is 4.42 Å². The average molecular weight is 1110 g/mol. The van der Waals surface area contributed by atoms with Crippen LogP contribution in [0.15, 0.2) is 105 Å². The van der Waals surface area contributed by atoms with Gasteiger partial charge in [0.25, 0.3) is 11.8 Å². The molecule has 2 amide bonds. The van der Waals surface area contributed by atoms with Crippen molar-refractivity contribution in [2.75, 3.05) is 52.4 Å². The predicted octanol–water partition coefficient (Wildman–Crippen LogP) is 7.21. The third-order valence-electron chi connectivity index (χ3n) is 10.2. The van der Waals surface area contributed by atoms with E-state index in [-0.39, 0.29) is 48.8 Å². The molecule has 15 nitrogen and oxygen atoms in total. The van der Waals surface area contributed by atoms with Crippen molar-refractivity contribution < 1.29 is 81.6 Å². The molecule has 0 bridgehead atoms. The van der Waals surface area contributed by atoms with Gasteiger partial charge in [-0.25, -0.2) is 19.4 Å². The molecule has 4 heterocycles. The fourth-order valence-corrected chi connectivity index (χ4v) is 7.88. The molecule has 2 fully saturated rings. The molecule has 70 heavy (non-hydrogen) atoms. The van der Waals surface area contributed by atoms with Crippen LogP contribution in [0.4, 0.5) is 0 Å². The van der Waals surface area contributed by atoms with E-state index < -0.39 is 17.9 Å². The van der Waals surface area contributed by atoms with E-state index in [9.17, 15) is 28.8 Å². The molecule has 375 valence electrons. The van der Waals surface area contributed by atoms with E-state index in [2.05, 4.69) is 69.0 Å². The molecular weight excluding hydrogens is 1040 g/mol. The Kier molecular flexibility index (Phi) is 34.8. The molecule has 3 radical (unpaired) electrons. The number of halogens is 2. The summed E-state index contributed by atoms with van der Waals surface area (Å²) in [5, 5.41) is 3.37. The van der Waals surface area contributed by atoms with E-state index in [1.165, 1.54) is 33.3 Å². The van der Waals surface area contributed by atoms with Gasteiger partial charge in [0.2, 0.25) is 5.97 Å². The molecule has 2 saturated heterocycles. The Morgan fingerprint density at radius 3 is 1.34 bits per heavy atom. The standard InChI is InChI=1S/C22H27BrN2O2.C17H23BrN2O.C5H4O2.C4H6O4.C2H3BO2.CH4.Na/c1-3-25(4-2)22(26)19-9-7-17(8-10-19)21(23)18-11-13-24(14-12-18)16-20-6-5-15-27-20;1-3-20(4-2)17(21)15-7-5-13(6-8-15)16(18)14-9-11-19-12-10-14;6-4-5-2-1-3-7-5;1-3(5)7-8-4(2)6;1-2(4)5-3;;/h5-10,15H,3-4,11-14,16H2,1-2H3;5-8,19H,3-4,9-12H2,1-2H3;1-4H;1-2H3;1H3;1H4;/q;;;;-1;;+1. The number of benzene rings is 2. The van der Waals surface area contributed by atoms with Gasteiger partial charge in [-0.1, -0.05) is 74.7 Å². The van der Waals surface area contributed by atoms with Crippen LogP contribution >= 0.6 is 31.9 Å². The number of rotatable bonds is 11. The number of likely N-dealkylation sites (tertiary alicyclic amines) is 1. The van der Waals surface area contributed by atoms with Gasteiger partial charge in [0, 0.05) is 80.1 Å². The van der Waals surface area contributed by atoms with Crippen molar-refractivity contribution in [3.63, 3.8) is 0 Å². The molecule has 2 aliphatic heterocycles. The summed E-state index contributed by atoms with van der Waals surface area (Å²) in [5.41, 5.74) is 6.70. The number of nitrogens with one attached hydrogen (secondary N) is 1. The van der Waals surface area contributed by atoms with Crippen molar-refractivity contribution in [3.05, 3.63) is 130 Å². The number of amides is 2. The molecule has 2 aliphatic rings. The Labute approximate surface area is 454 Å². The first-order chi connectivity index (χ1) is 32.6. The SMILES string of the molecule is C.CC(=O)OOC(C)=O.CCN(CC)C(=O)c1ccc(C(Br)=C2CCN(Cc3ccco3)CC2)cc1.CCN(CC)C(=O)c1ccc(C(Br)=C2CCNCC2)cc1.O=Cc1ccco1.[B-]OC(C)=O.[Na+]. The molecule has 0 atom stereocenters. The zero-order chi connectivity index (χ0) is 50.4. The second kappa shape index (κ2) is 37.3. The largest absolute Gasteiger partial charge is 1.00 e. The summed E-state index contributed by atoms with van der Waals surface area (Å²) in [5.74, 6) is -0.140. The molecule has 4 aromatic rings. The fraction of sp³-hybridized carbons (Fsp3) is 0.412. The molecule has 1 N–H and O–H groups in total. The zero-order valence-corrected chi connectivity index (χ0v) is 46.2. The first-order valence-electron chi connectivity index (χ1n) is 22.3. The van der Waals surface area contributed by atoms with Crippen LogP contribution in [-0.2, 0) is 35.4 Å². The van der Waals surface area contributed by atoms with E-state index in [1.54, 1.807) is 18.4 Å². The molecule has 0 unspecified atom stereocenters. The summed E-state index contributed by atoms with van der Waals surface area (Å²) in [7, 11) is 4.32. The van der Waals surface area contributed by atoms with E-state index >= 15 is 0 Å². The normalized spacial score (nSPS) is 12.5. The molecule has 0 spiro atoms. The molecule has 2 aromatic carbocycles. The van der Waals surface area contributed by atoms with E-state index in [0.717, 1.165) is 126 Å². The second-order valence-electron chi connectivity index (χ2n) is 14.9. The number of aldehydes is 1. The Bertz CT molecular complexity index is 2180. The van der Waals surface area contributed by atoms with Crippen molar-refractivity contribution >= 4 is 84.9 Å². The van der Waals surface area contributed by atoms with Gasteiger partial charge in [-0.2, -0.15) is 0 Å². The summed E-state index contributed by atoms with van der Waals surface area (Å²) in [6.45, 7) is 19.5. The number of carbonyl (C=O) groups excluding carboxylic acids is 6. The Hall–Kier alpha value is -4.56. The number of nitrogens with zero attached hydrogens (tertiary/aromatic N) is 3. The van der Waals surface area contributed by atoms with Crippen molar-refractivity contribution in [2.24, 2.45) is 0 Å². The smallest absolute Gasteiger partial charge is 0.793 e. The van der Waals surface area contributed by atoms with Crippen molar-refractivity contribution in [1.29, 1.82) is 0 Å². The third kappa shape index (κ3) is 24.5. The number of carbonyl (C=O) groups is 6. The predicted molar refractivity (Wildman–Crippen MR) is 276 cm³/mol. The van der Waals surface area contributed by atoms with Crippen LogP contribution in [0.25, 0.3) is 8.96 Å². The molecule has 0 saturated carbocycles. The van der Waals surface area contributed by atoms with E-state index in [1.807, 2.05) is 98.2 Å². The zero-order valence-electron chi connectivity index (χ0n) is 41.0. The average Bonchev–Trinajstić information content (AvgIpc) is 4.11. The number of furan rings is 2. The first kappa shape index (κ1) is 65.4. The minimum Gasteiger partial charge on any atom is -0.793 e. The summed E-state index contributed by atoms with van der Waals surface area (Å²) < 4.78 is 16.0. The summed E-state index contributed by atoms with van der Waals surface area (Å²) >= 11 is 7.52. The third-order valence-corrected chi connectivity index (χ3v) is 12.3. The van der Waals surface area contributed by atoms with Crippen molar-refractivity contribution in [2.45, 2.75) is 88.1 Å². The second-order valence-corrected chi connectivity index (χ2v) is 16.5. The Morgan fingerprint density at radius 2 is 1.03 bits per heavy atom.